The molecule has 2 amide bonds. The topological polar surface area (TPSA) is 87.7 Å². The van der Waals surface area contributed by atoms with E-state index in [1.807, 2.05) is 6.92 Å². The number of amides is 2. The van der Waals surface area contributed by atoms with Crippen LogP contribution >= 0.6 is 0 Å². The Balaban J connectivity index is 1.58. The highest BCUT2D eigenvalue weighted by atomic mass is 16.6. The molecule has 0 saturated carbocycles. The molecule has 8 heteroatoms. The van der Waals surface area contributed by atoms with Crippen LogP contribution in [0.2, 0.25) is 0 Å². The number of ether oxygens (including phenoxy) is 1. The molecule has 154 valence electrons. The minimum Gasteiger partial charge on any atom is -0.450 e. The highest BCUT2D eigenvalue weighted by Crippen LogP contribution is 2.21. The molecule has 28 heavy (non-hydrogen) atoms. The Morgan fingerprint density at radius 1 is 1.14 bits per heavy atom. The molecule has 0 aliphatic carbocycles. The number of nitrogens with zero attached hydrogens (tertiary/aromatic N) is 4. The Morgan fingerprint density at radius 3 is 2.46 bits per heavy atom. The van der Waals surface area contributed by atoms with Gasteiger partial charge in [0.2, 0.25) is 5.95 Å². The van der Waals surface area contributed by atoms with Crippen LogP contribution in [0.5, 0.6) is 0 Å². The second kappa shape index (κ2) is 9.21. The van der Waals surface area contributed by atoms with E-state index < -0.39 is 0 Å². The number of likely N-dealkylation sites (tertiary alicyclic amines) is 1. The van der Waals surface area contributed by atoms with E-state index in [-0.39, 0.29) is 18.0 Å². The summed E-state index contributed by atoms with van der Waals surface area (Å²) in [6.45, 7) is 9.37. The number of aryl methyl sites for hydroxylation is 1. The van der Waals surface area contributed by atoms with Gasteiger partial charge in [-0.3, -0.25) is 4.79 Å². The molecular formula is C20H31N5O3. The molecule has 0 aromatic carbocycles. The maximum absolute atomic E-state index is 12.7. The lowest BCUT2D eigenvalue weighted by atomic mass is 10.00. The third-order valence-electron chi connectivity index (χ3n) is 5.50. The zero-order chi connectivity index (χ0) is 20.1. The number of hydrogen-bond acceptors (Lipinski definition) is 6. The fraction of sp³-hybridized carbons (Fsp3) is 0.700. The highest BCUT2D eigenvalue weighted by molar-refractivity contribution is 5.92. The van der Waals surface area contributed by atoms with Crippen molar-refractivity contribution in [2.45, 2.75) is 52.5 Å². The molecule has 0 radical (unpaired) electrons. The van der Waals surface area contributed by atoms with Gasteiger partial charge in [-0.2, -0.15) is 0 Å². The molecule has 3 heterocycles. The minimum atomic E-state index is -0.279. The van der Waals surface area contributed by atoms with Crippen LogP contribution < -0.4 is 10.2 Å². The maximum atomic E-state index is 12.7. The van der Waals surface area contributed by atoms with Gasteiger partial charge in [0.15, 0.2) is 0 Å². The summed E-state index contributed by atoms with van der Waals surface area (Å²) in [4.78, 5) is 37.5. The summed E-state index contributed by atoms with van der Waals surface area (Å²) in [5, 5.41) is 3.06. The summed E-state index contributed by atoms with van der Waals surface area (Å²) in [5.41, 5.74) is 1.21. The van der Waals surface area contributed by atoms with Gasteiger partial charge in [0.1, 0.15) is 5.69 Å². The molecule has 0 unspecified atom stereocenters. The third-order valence-corrected chi connectivity index (χ3v) is 5.50. The van der Waals surface area contributed by atoms with Crippen molar-refractivity contribution in [3.63, 3.8) is 0 Å². The zero-order valence-electron chi connectivity index (χ0n) is 17.1. The van der Waals surface area contributed by atoms with Crippen LogP contribution in [0.3, 0.4) is 0 Å². The third kappa shape index (κ3) is 5.11. The summed E-state index contributed by atoms with van der Waals surface area (Å²) < 4.78 is 5.04. The van der Waals surface area contributed by atoms with Crippen molar-refractivity contribution in [3.8, 4) is 0 Å². The number of carbonyl (C=O) groups is 2. The Morgan fingerprint density at radius 2 is 1.82 bits per heavy atom. The summed E-state index contributed by atoms with van der Waals surface area (Å²) in [5.74, 6) is 1.20. The number of hydrogen-bond donors (Lipinski definition) is 1. The lowest BCUT2D eigenvalue weighted by Gasteiger charge is -2.32. The molecule has 0 atom stereocenters. The van der Waals surface area contributed by atoms with Gasteiger partial charge in [0, 0.05) is 37.9 Å². The fourth-order valence-corrected chi connectivity index (χ4v) is 3.70. The molecule has 1 aromatic heterocycles. The first-order valence-electron chi connectivity index (χ1n) is 10.3. The first-order chi connectivity index (χ1) is 13.5. The monoisotopic (exact) mass is 389 g/mol. The van der Waals surface area contributed by atoms with Gasteiger partial charge in [0.05, 0.1) is 6.61 Å². The summed E-state index contributed by atoms with van der Waals surface area (Å²) >= 11 is 0. The zero-order valence-corrected chi connectivity index (χ0v) is 17.1. The highest BCUT2D eigenvalue weighted by Gasteiger charge is 2.26. The number of nitrogens with one attached hydrogen (secondary N) is 1. The first-order valence-corrected chi connectivity index (χ1v) is 10.3. The molecule has 0 spiro atoms. The van der Waals surface area contributed by atoms with Crippen molar-refractivity contribution in [3.05, 3.63) is 17.5 Å². The van der Waals surface area contributed by atoms with Crippen molar-refractivity contribution in [1.29, 1.82) is 0 Å². The second-order valence-electron chi connectivity index (χ2n) is 7.80. The lowest BCUT2D eigenvalue weighted by molar-refractivity contribution is 0.0856. The van der Waals surface area contributed by atoms with E-state index in [4.69, 9.17) is 4.74 Å². The normalized spacial score (nSPS) is 18.8. The molecule has 3 rings (SSSR count). The largest absolute Gasteiger partial charge is 0.450 e. The van der Waals surface area contributed by atoms with E-state index in [9.17, 15) is 9.59 Å². The maximum Gasteiger partial charge on any atom is 0.409 e. The molecule has 2 aliphatic rings. The van der Waals surface area contributed by atoms with Crippen LogP contribution in [0.25, 0.3) is 0 Å². The lowest BCUT2D eigenvalue weighted by Crippen LogP contribution is -2.47. The molecule has 1 N–H and O–H groups in total. The van der Waals surface area contributed by atoms with Gasteiger partial charge in [-0.05, 0) is 51.5 Å². The Hall–Kier alpha value is -2.38. The van der Waals surface area contributed by atoms with Crippen LogP contribution in [0.1, 0.15) is 55.7 Å². The number of carbonyl (C=O) groups excluding carboxylic acids is 2. The molecule has 8 nitrogen and oxygen atoms in total. The van der Waals surface area contributed by atoms with Crippen LogP contribution in [-0.2, 0) is 4.74 Å². The molecule has 1 aromatic rings. The van der Waals surface area contributed by atoms with Crippen molar-refractivity contribution in [2.75, 3.05) is 37.7 Å². The minimum absolute atomic E-state index is 0.0349. The van der Waals surface area contributed by atoms with Crippen LogP contribution in [0.4, 0.5) is 10.7 Å². The summed E-state index contributed by atoms with van der Waals surface area (Å²) in [6, 6.07) is 1.77. The quantitative estimate of drug-likeness (QED) is 0.851. The van der Waals surface area contributed by atoms with Gasteiger partial charge < -0.3 is 19.9 Å². The van der Waals surface area contributed by atoms with E-state index in [2.05, 4.69) is 27.1 Å². The standard InChI is InChI=1S/C20H31N5O3/c1-4-28-20(27)25-11-7-16(8-12-25)22-18(26)17-13-15(3)21-19(23-17)24-9-5-14(2)6-10-24/h13-14,16H,4-12H2,1-3H3,(H,22,26). The summed E-state index contributed by atoms with van der Waals surface area (Å²) in [7, 11) is 0. The predicted octanol–water partition coefficient (Wildman–Crippen LogP) is 2.37. The second-order valence-corrected chi connectivity index (χ2v) is 7.80. The molecule has 2 aliphatic heterocycles. The van der Waals surface area contributed by atoms with Gasteiger partial charge in [-0.25, -0.2) is 14.8 Å². The van der Waals surface area contributed by atoms with Gasteiger partial charge in [-0.1, -0.05) is 6.92 Å². The van der Waals surface area contributed by atoms with Crippen molar-refractivity contribution in [2.24, 2.45) is 5.92 Å². The molecular weight excluding hydrogens is 358 g/mol. The van der Waals surface area contributed by atoms with Crippen LogP contribution in [0.15, 0.2) is 6.07 Å². The Kier molecular flexibility index (Phi) is 6.70. The van der Waals surface area contributed by atoms with Crippen molar-refractivity contribution < 1.29 is 14.3 Å². The van der Waals surface area contributed by atoms with Gasteiger partial charge in [-0.15, -0.1) is 0 Å². The van der Waals surface area contributed by atoms with E-state index in [0.717, 1.165) is 37.5 Å². The number of rotatable bonds is 4. The van der Waals surface area contributed by atoms with E-state index in [1.54, 1.807) is 17.9 Å². The van der Waals surface area contributed by atoms with Crippen LogP contribution in [-0.4, -0.2) is 65.7 Å². The smallest absolute Gasteiger partial charge is 0.409 e. The fourth-order valence-electron chi connectivity index (χ4n) is 3.70. The van der Waals surface area contributed by atoms with Gasteiger partial charge >= 0.3 is 6.09 Å². The summed E-state index contributed by atoms with van der Waals surface area (Å²) in [6.07, 6.45) is 3.39. The molecule has 2 fully saturated rings. The van der Waals surface area contributed by atoms with E-state index in [0.29, 0.717) is 44.2 Å². The van der Waals surface area contributed by atoms with Crippen LogP contribution in [0, 0.1) is 12.8 Å². The number of aromatic nitrogens is 2. The average Bonchev–Trinajstić information content (AvgIpc) is 2.69. The molecule has 0 bridgehead atoms. The number of anilines is 1. The van der Waals surface area contributed by atoms with E-state index in [1.165, 1.54) is 0 Å². The van der Waals surface area contributed by atoms with Crippen molar-refractivity contribution >= 4 is 17.9 Å². The Bertz CT molecular complexity index is 695. The predicted molar refractivity (Wildman–Crippen MR) is 106 cm³/mol. The van der Waals surface area contributed by atoms with Gasteiger partial charge in [0.25, 0.3) is 5.91 Å². The molecule has 2 saturated heterocycles. The van der Waals surface area contributed by atoms with Crippen molar-refractivity contribution in [1.82, 2.24) is 20.2 Å². The van der Waals surface area contributed by atoms with E-state index >= 15 is 0 Å². The Labute approximate surface area is 166 Å². The average molecular weight is 390 g/mol. The number of piperidine rings is 2. The first kappa shape index (κ1) is 20.4. The SMILES string of the molecule is CCOC(=O)N1CCC(NC(=O)c2cc(C)nc(N3CCC(C)CC3)n2)CC1.